The molecular weight excluding hydrogens is 326 g/mol. The van der Waals surface area contributed by atoms with E-state index in [1.807, 2.05) is 30.3 Å². The van der Waals surface area contributed by atoms with Gasteiger partial charge in [0.1, 0.15) is 0 Å². The fourth-order valence-electron chi connectivity index (χ4n) is 3.02. The number of nitrogens with one attached hydrogen (secondary N) is 1. The molecule has 1 aromatic heterocycles. The standard InChI is InChI=1S/C17H23N3O3S/c1-20(15-10-6-3-7-11-15)24(21,22)19-13-17-18-12-16(23-17)14-8-4-2-5-9-14/h2,4-5,8-9,12,15,19H,3,6-7,10-11,13H2,1H3. The Kier molecular flexibility index (Phi) is 5.33. The van der Waals surface area contributed by atoms with Crippen LogP contribution in [0, 0.1) is 0 Å². The van der Waals surface area contributed by atoms with Crippen LogP contribution in [-0.2, 0) is 16.8 Å². The highest BCUT2D eigenvalue weighted by molar-refractivity contribution is 7.87. The Balaban J connectivity index is 1.61. The van der Waals surface area contributed by atoms with E-state index >= 15 is 0 Å². The van der Waals surface area contributed by atoms with E-state index in [9.17, 15) is 8.42 Å². The molecule has 0 amide bonds. The Morgan fingerprint density at radius 3 is 2.62 bits per heavy atom. The average molecular weight is 349 g/mol. The molecule has 1 aliphatic carbocycles. The number of oxazole rings is 1. The molecule has 0 atom stereocenters. The van der Waals surface area contributed by atoms with Crippen molar-refractivity contribution in [3.63, 3.8) is 0 Å². The predicted octanol–water partition coefficient (Wildman–Crippen LogP) is 2.94. The molecule has 7 heteroatoms. The highest BCUT2D eigenvalue weighted by atomic mass is 32.2. The van der Waals surface area contributed by atoms with Crippen LogP contribution in [-0.4, -0.2) is 30.8 Å². The third-order valence-corrected chi connectivity index (χ3v) is 6.05. The van der Waals surface area contributed by atoms with E-state index in [0.717, 1.165) is 31.2 Å². The molecule has 0 aliphatic heterocycles. The molecule has 1 aliphatic rings. The van der Waals surface area contributed by atoms with E-state index in [4.69, 9.17) is 4.42 Å². The molecule has 0 radical (unpaired) electrons. The van der Waals surface area contributed by atoms with E-state index in [1.165, 1.54) is 10.7 Å². The Labute approximate surface area is 143 Å². The lowest BCUT2D eigenvalue weighted by Gasteiger charge is -2.30. The zero-order chi connectivity index (χ0) is 17.0. The largest absolute Gasteiger partial charge is 0.439 e. The van der Waals surface area contributed by atoms with Crippen molar-refractivity contribution in [2.45, 2.75) is 44.7 Å². The Bertz CT molecular complexity index is 752. The quantitative estimate of drug-likeness (QED) is 0.870. The minimum atomic E-state index is -3.53. The summed E-state index contributed by atoms with van der Waals surface area (Å²) >= 11 is 0. The van der Waals surface area contributed by atoms with Crippen LogP contribution in [0.5, 0.6) is 0 Å². The van der Waals surface area contributed by atoms with Crippen LogP contribution in [0.25, 0.3) is 11.3 Å². The molecular formula is C17H23N3O3S. The van der Waals surface area contributed by atoms with E-state index in [0.29, 0.717) is 11.7 Å². The van der Waals surface area contributed by atoms with E-state index in [1.54, 1.807) is 13.2 Å². The summed E-state index contributed by atoms with van der Waals surface area (Å²) in [7, 11) is -1.89. The van der Waals surface area contributed by atoms with Gasteiger partial charge in [-0.2, -0.15) is 17.4 Å². The maximum atomic E-state index is 12.4. The second-order valence-electron chi connectivity index (χ2n) is 6.12. The van der Waals surface area contributed by atoms with Crippen molar-refractivity contribution in [3.8, 4) is 11.3 Å². The van der Waals surface area contributed by atoms with Crippen molar-refractivity contribution >= 4 is 10.2 Å². The highest BCUT2D eigenvalue weighted by Gasteiger charge is 2.27. The minimum absolute atomic E-state index is 0.0478. The van der Waals surface area contributed by atoms with Crippen LogP contribution >= 0.6 is 0 Å². The molecule has 3 rings (SSSR count). The summed E-state index contributed by atoms with van der Waals surface area (Å²) in [6, 6.07) is 9.69. The molecule has 0 unspecified atom stereocenters. The Morgan fingerprint density at radius 2 is 1.92 bits per heavy atom. The van der Waals surface area contributed by atoms with Gasteiger partial charge in [-0.3, -0.25) is 0 Å². The molecule has 6 nitrogen and oxygen atoms in total. The Morgan fingerprint density at radius 1 is 1.21 bits per heavy atom. The lowest BCUT2D eigenvalue weighted by atomic mass is 9.96. The first-order valence-corrected chi connectivity index (χ1v) is 9.73. The first kappa shape index (κ1) is 17.1. The molecule has 0 saturated heterocycles. The maximum Gasteiger partial charge on any atom is 0.279 e. The third-order valence-electron chi connectivity index (χ3n) is 4.49. The van der Waals surface area contributed by atoms with Gasteiger partial charge in [-0.25, -0.2) is 4.98 Å². The fraction of sp³-hybridized carbons (Fsp3) is 0.471. The Hall–Kier alpha value is -1.70. The lowest BCUT2D eigenvalue weighted by Crippen LogP contribution is -2.44. The van der Waals surface area contributed by atoms with Crippen molar-refractivity contribution in [3.05, 3.63) is 42.4 Å². The van der Waals surface area contributed by atoms with E-state index < -0.39 is 10.2 Å². The topological polar surface area (TPSA) is 75.4 Å². The normalized spacial score (nSPS) is 16.6. The first-order chi connectivity index (χ1) is 11.6. The zero-order valence-electron chi connectivity index (χ0n) is 13.8. The summed E-state index contributed by atoms with van der Waals surface area (Å²) in [5, 5.41) is 0. The molecule has 130 valence electrons. The van der Waals surface area contributed by atoms with Gasteiger partial charge >= 0.3 is 0 Å². The molecule has 2 aromatic rings. The number of hydrogen-bond donors (Lipinski definition) is 1. The molecule has 0 bridgehead atoms. The summed E-state index contributed by atoms with van der Waals surface area (Å²) in [5.74, 6) is 0.986. The monoisotopic (exact) mass is 349 g/mol. The number of nitrogens with zero attached hydrogens (tertiary/aromatic N) is 2. The average Bonchev–Trinajstić information content (AvgIpc) is 3.10. The van der Waals surface area contributed by atoms with Crippen molar-refractivity contribution in [2.24, 2.45) is 0 Å². The summed E-state index contributed by atoms with van der Waals surface area (Å²) in [5.41, 5.74) is 0.915. The van der Waals surface area contributed by atoms with Crippen molar-refractivity contribution in [1.29, 1.82) is 0 Å². The van der Waals surface area contributed by atoms with E-state index in [2.05, 4.69) is 9.71 Å². The van der Waals surface area contributed by atoms with Crippen LogP contribution < -0.4 is 4.72 Å². The van der Waals surface area contributed by atoms with Gasteiger partial charge in [-0.05, 0) is 12.8 Å². The number of aromatic nitrogens is 1. The third kappa shape index (κ3) is 4.03. The minimum Gasteiger partial charge on any atom is -0.439 e. The van der Waals surface area contributed by atoms with Gasteiger partial charge in [0.2, 0.25) is 5.89 Å². The summed E-state index contributed by atoms with van der Waals surface area (Å²) in [6.45, 7) is 0.0478. The zero-order valence-corrected chi connectivity index (χ0v) is 14.6. The lowest BCUT2D eigenvalue weighted by molar-refractivity contribution is 0.282. The second-order valence-corrected chi connectivity index (χ2v) is 7.93. The molecule has 0 spiro atoms. The molecule has 1 fully saturated rings. The van der Waals surface area contributed by atoms with Crippen molar-refractivity contribution in [1.82, 2.24) is 14.0 Å². The number of benzene rings is 1. The van der Waals surface area contributed by atoms with Gasteiger partial charge < -0.3 is 4.42 Å². The molecule has 1 N–H and O–H groups in total. The SMILES string of the molecule is CN(C1CCCCC1)S(=O)(=O)NCc1ncc(-c2ccccc2)o1. The summed E-state index contributed by atoms with van der Waals surface area (Å²) < 4.78 is 34.5. The highest BCUT2D eigenvalue weighted by Crippen LogP contribution is 2.23. The number of rotatable bonds is 6. The van der Waals surface area contributed by atoms with Gasteiger partial charge in [0.25, 0.3) is 10.2 Å². The van der Waals surface area contributed by atoms with Crippen molar-refractivity contribution in [2.75, 3.05) is 7.05 Å². The number of hydrogen-bond acceptors (Lipinski definition) is 4. The smallest absolute Gasteiger partial charge is 0.279 e. The van der Waals surface area contributed by atoms with Gasteiger partial charge in [-0.15, -0.1) is 0 Å². The fourth-order valence-corrected chi connectivity index (χ4v) is 4.14. The first-order valence-electron chi connectivity index (χ1n) is 8.29. The van der Waals surface area contributed by atoms with Gasteiger partial charge in [0, 0.05) is 18.7 Å². The van der Waals surface area contributed by atoms with Crippen LogP contribution in [0.2, 0.25) is 0 Å². The van der Waals surface area contributed by atoms with Gasteiger partial charge in [0.15, 0.2) is 5.76 Å². The van der Waals surface area contributed by atoms with Crippen LogP contribution in [0.3, 0.4) is 0 Å². The predicted molar refractivity (Wildman–Crippen MR) is 92.3 cm³/mol. The van der Waals surface area contributed by atoms with Crippen LogP contribution in [0.1, 0.15) is 38.0 Å². The summed E-state index contributed by atoms with van der Waals surface area (Å²) in [4.78, 5) is 4.16. The van der Waals surface area contributed by atoms with Crippen LogP contribution in [0.15, 0.2) is 40.9 Å². The summed E-state index contributed by atoms with van der Waals surface area (Å²) in [6.07, 6.45) is 6.83. The van der Waals surface area contributed by atoms with Gasteiger partial charge in [-0.1, -0.05) is 49.6 Å². The molecule has 24 heavy (non-hydrogen) atoms. The molecule has 1 aromatic carbocycles. The molecule has 1 saturated carbocycles. The molecule has 1 heterocycles. The van der Waals surface area contributed by atoms with E-state index in [-0.39, 0.29) is 12.6 Å². The van der Waals surface area contributed by atoms with Crippen LogP contribution in [0.4, 0.5) is 0 Å². The van der Waals surface area contributed by atoms with Gasteiger partial charge in [0.05, 0.1) is 12.7 Å². The van der Waals surface area contributed by atoms with Crippen molar-refractivity contribution < 1.29 is 12.8 Å². The maximum absolute atomic E-state index is 12.4. The second kappa shape index (κ2) is 7.46.